The molecule has 0 radical (unpaired) electrons. The number of hydrogen-bond acceptors (Lipinski definition) is 9. The molecule has 1 atom stereocenters. The summed E-state index contributed by atoms with van der Waals surface area (Å²) in [5.74, 6) is 1.91. The molecule has 0 amide bonds. The van der Waals surface area contributed by atoms with E-state index in [2.05, 4.69) is 20.3 Å². The third-order valence-corrected chi connectivity index (χ3v) is 5.98. The predicted molar refractivity (Wildman–Crippen MR) is 137 cm³/mol. The van der Waals surface area contributed by atoms with E-state index < -0.39 is 28.4 Å². The number of anilines is 1. The molecular weight excluding hydrogens is 519 g/mol. The quantitative estimate of drug-likeness (QED) is 0.207. The number of rotatable bonds is 8. The first kappa shape index (κ1) is 27.4. The molecule has 0 saturated heterocycles. The molecule has 0 aliphatic carbocycles. The van der Waals surface area contributed by atoms with E-state index in [1.165, 1.54) is 21.3 Å². The van der Waals surface area contributed by atoms with Crippen LogP contribution in [0, 0.1) is 17.0 Å². The molecule has 1 N–H and O–H groups in total. The Labute approximate surface area is 220 Å². The van der Waals surface area contributed by atoms with Crippen LogP contribution >= 0.6 is 0 Å². The van der Waals surface area contributed by atoms with Gasteiger partial charge in [0, 0.05) is 17.7 Å². The minimum Gasteiger partial charge on any atom is -0.493 e. The highest BCUT2D eigenvalue weighted by atomic mass is 19.4. The minimum absolute atomic E-state index is 0.0579. The maximum absolute atomic E-state index is 13.4. The summed E-state index contributed by atoms with van der Waals surface area (Å²) in [7, 11) is 4.50. The second-order valence-corrected chi connectivity index (χ2v) is 8.54. The van der Waals surface area contributed by atoms with Gasteiger partial charge in [0.1, 0.15) is 11.6 Å². The molecule has 0 aliphatic heterocycles. The van der Waals surface area contributed by atoms with Crippen molar-refractivity contribution in [2.45, 2.75) is 26.1 Å². The zero-order valence-corrected chi connectivity index (χ0v) is 21.6. The zero-order chi connectivity index (χ0) is 28.5. The largest absolute Gasteiger partial charge is 0.493 e. The van der Waals surface area contributed by atoms with Crippen LogP contribution in [0.1, 0.15) is 29.9 Å². The van der Waals surface area contributed by atoms with Gasteiger partial charge in [0.25, 0.3) is 5.69 Å². The molecule has 39 heavy (non-hydrogen) atoms. The number of hydrogen-bond donors (Lipinski definition) is 1. The Morgan fingerprint density at radius 3 is 2.28 bits per heavy atom. The fraction of sp³-hybridized carbons (Fsp3) is 0.269. The van der Waals surface area contributed by atoms with E-state index in [9.17, 15) is 23.3 Å². The van der Waals surface area contributed by atoms with Crippen molar-refractivity contribution in [3.63, 3.8) is 0 Å². The molecule has 0 spiro atoms. The molecule has 0 aliphatic rings. The van der Waals surface area contributed by atoms with Crippen molar-refractivity contribution < 1.29 is 32.3 Å². The Morgan fingerprint density at radius 1 is 0.949 bits per heavy atom. The molecule has 13 heteroatoms. The molecule has 2 heterocycles. The standard InChI is InChI=1S/C26H24F3N5O5/c1-13(16-8-17(26(27,28)29)11-18(9-16)34(35)36)30-23-20-12-19(15-6-7-21(37-3)22(10-15)38-4)25(39-5)33-24(20)32-14(2)31-23/h6-13H,1-5H3,(H,30,31,32,33)/t13-/m1/s1. The average Bonchev–Trinajstić information content (AvgIpc) is 2.90. The van der Waals surface area contributed by atoms with E-state index in [1.54, 1.807) is 38.1 Å². The van der Waals surface area contributed by atoms with Crippen molar-refractivity contribution in [1.82, 2.24) is 15.0 Å². The Hall–Kier alpha value is -4.68. The summed E-state index contributed by atoms with van der Waals surface area (Å²) in [5.41, 5.74) is -0.183. The molecule has 2 aromatic heterocycles. The lowest BCUT2D eigenvalue weighted by molar-refractivity contribution is -0.385. The van der Waals surface area contributed by atoms with Gasteiger partial charge in [0.15, 0.2) is 17.1 Å². The lowest BCUT2D eigenvalue weighted by atomic mass is 10.0. The fourth-order valence-corrected chi connectivity index (χ4v) is 4.07. The van der Waals surface area contributed by atoms with Crippen LogP contribution in [0.5, 0.6) is 17.4 Å². The monoisotopic (exact) mass is 543 g/mol. The molecule has 4 aromatic rings. The highest BCUT2D eigenvalue weighted by Gasteiger charge is 2.33. The summed E-state index contributed by atoms with van der Waals surface area (Å²) < 4.78 is 56.6. The second-order valence-electron chi connectivity index (χ2n) is 8.54. The van der Waals surface area contributed by atoms with Crippen LogP contribution in [0.15, 0.2) is 42.5 Å². The number of fused-ring (bicyclic) bond motifs is 1. The first-order chi connectivity index (χ1) is 18.4. The maximum Gasteiger partial charge on any atom is 0.416 e. The average molecular weight is 544 g/mol. The number of aromatic nitrogens is 3. The third kappa shape index (κ3) is 5.61. The molecule has 0 saturated carbocycles. The van der Waals surface area contributed by atoms with Crippen LogP contribution in [0.4, 0.5) is 24.7 Å². The van der Waals surface area contributed by atoms with Crippen LogP contribution in [0.3, 0.4) is 0 Å². The van der Waals surface area contributed by atoms with Crippen LogP contribution in [-0.4, -0.2) is 41.2 Å². The lowest BCUT2D eigenvalue weighted by Crippen LogP contribution is -2.13. The maximum atomic E-state index is 13.4. The first-order valence-corrected chi connectivity index (χ1v) is 11.5. The van der Waals surface area contributed by atoms with Crippen LogP contribution in [0.2, 0.25) is 0 Å². The summed E-state index contributed by atoms with van der Waals surface area (Å²) in [6, 6.07) is 8.69. The summed E-state index contributed by atoms with van der Waals surface area (Å²) >= 11 is 0. The first-order valence-electron chi connectivity index (χ1n) is 11.5. The van der Waals surface area contributed by atoms with Crippen molar-refractivity contribution in [1.29, 1.82) is 0 Å². The molecule has 0 unspecified atom stereocenters. The molecule has 2 aromatic carbocycles. The van der Waals surface area contributed by atoms with Crippen molar-refractivity contribution >= 4 is 22.5 Å². The van der Waals surface area contributed by atoms with E-state index in [-0.39, 0.29) is 22.9 Å². The van der Waals surface area contributed by atoms with Gasteiger partial charge in [0.2, 0.25) is 5.88 Å². The summed E-state index contributed by atoms with van der Waals surface area (Å²) in [5, 5.41) is 14.8. The van der Waals surface area contributed by atoms with Crippen molar-refractivity contribution in [3.05, 3.63) is 69.5 Å². The van der Waals surface area contributed by atoms with E-state index >= 15 is 0 Å². The Morgan fingerprint density at radius 2 is 1.67 bits per heavy atom. The second kappa shape index (κ2) is 10.6. The molecule has 204 valence electrons. The van der Waals surface area contributed by atoms with Gasteiger partial charge in [0.05, 0.1) is 43.2 Å². The number of halogens is 3. The van der Waals surface area contributed by atoms with Gasteiger partial charge in [-0.05, 0) is 49.2 Å². The molecule has 10 nitrogen and oxygen atoms in total. The Kier molecular flexibility index (Phi) is 7.43. The Bertz CT molecular complexity index is 1560. The number of alkyl halides is 3. The van der Waals surface area contributed by atoms with Gasteiger partial charge in [-0.25, -0.2) is 9.97 Å². The number of nitrogens with zero attached hydrogens (tertiary/aromatic N) is 4. The number of aryl methyl sites for hydroxylation is 1. The fourth-order valence-electron chi connectivity index (χ4n) is 4.07. The summed E-state index contributed by atoms with van der Waals surface area (Å²) in [4.78, 5) is 23.8. The number of ether oxygens (including phenoxy) is 3. The van der Waals surface area contributed by atoms with Gasteiger partial charge >= 0.3 is 6.18 Å². The molecular formula is C26H24F3N5O5. The highest BCUT2D eigenvalue weighted by molar-refractivity contribution is 5.92. The number of nitro benzene ring substituents is 1. The number of non-ortho nitro benzene ring substituents is 1. The van der Waals surface area contributed by atoms with Crippen LogP contribution < -0.4 is 19.5 Å². The number of pyridine rings is 1. The number of benzene rings is 2. The van der Waals surface area contributed by atoms with Gasteiger partial charge in [-0.1, -0.05) is 6.07 Å². The highest BCUT2D eigenvalue weighted by Crippen LogP contribution is 2.39. The Balaban J connectivity index is 1.84. The van der Waals surface area contributed by atoms with Crippen LogP contribution in [-0.2, 0) is 6.18 Å². The van der Waals surface area contributed by atoms with E-state index in [0.29, 0.717) is 39.9 Å². The smallest absolute Gasteiger partial charge is 0.416 e. The van der Waals surface area contributed by atoms with Gasteiger partial charge in [-0.3, -0.25) is 10.1 Å². The summed E-state index contributed by atoms with van der Waals surface area (Å²) in [6.07, 6.45) is -4.76. The van der Waals surface area contributed by atoms with Crippen molar-refractivity contribution in [2.75, 3.05) is 26.6 Å². The van der Waals surface area contributed by atoms with Crippen molar-refractivity contribution in [3.8, 4) is 28.5 Å². The predicted octanol–water partition coefficient (Wildman–Crippen LogP) is 6.13. The molecule has 0 bridgehead atoms. The van der Waals surface area contributed by atoms with Crippen LogP contribution in [0.25, 0.3) is 22.2 Å². The number of nitrogens with one attached hydrogen (secondary N) is 1. The van der Waals surface area contributed by atoms with Gasteiger partial charge in [-0.15, -0.1) is 0 Å². The topological polar surface area (TPSA) is 122 Å². The van der Waals surface area contributed by atoms with E-state index in [4.69, 9.17) is 14.2 Å². The van der Waals surface area contributed by atoms with Crippen molar-refractivity contribution in [2.24, 2.45) is 0 Å². The van der Waals surface area contributed by atoms with E-state index in [1.807, 2.05) is 0 Å². The number of methoxy groups -OCH3 is 3. The minimum atomic E-state index is -4.76. The van der Waals surface area contributed by atoms with E-state index in [0.717, 1.165) is 12.1 Å². The molecule has 0 fully saturated rings. The summed E-state index contributed by atoms with van der Waals surface area (Å²) in [6.45, 7) is 3.22. The van der Waals surface area contributed by atoms with Gasteiger partial charge < -0.3 is 19.5 Å². The number of nitro groups is 1. The zero-order valence-electron chi connectivity index (χ0n) is 21.6. The normalized spacial score (nSPS) is 12.2. The SMILES string of the molecule is COc1ccc(-c2cc3c(N[C@H](C)c4cc([N+](=O)[O-])cc(C(F)(F)F)c4)nc(C)nc3nc2OC)cc1OC. The third-order valence-electron chi connectivity index (χ3n) is 5.98. The molecule has 4 rings (SSSR count). The lowest BCUT2D eigenvalue weighted by Gasteiger charge is -2.19. The van der Waals surface area contributed by atoms with Gasteiger partial charge in [-0.2, -0.15) is 18.2 Å².